The zero-order valence-electron chi connectivity index (χ0n) is 12.0. The van der Waals surface area contributed by atoms with E-state index >= 15 is 0 Å². The minimum absolute atomic E-state index is 0.133. The number of carbonyl (C=O) groups is 2. The molecule has 1 aromatic rings. The third-order valence-electron chi connectivity index (χ3n) is 3.19. The molecule has 0 amide bonds. The molecule has 120 valence electrons. The van der Waals surface area contributed by atoms with Gasteiger partial charge in [0.2, 0.25) is 0 Å². The van der Waals surface area contributed by atoms with Gasteiger partial charge in [-0.05, 0) is 37.5 Å². The number of hydrogen-bond acceptors (Lipinski definition) is 5. The van der Waals surface area contributed by atoms with Gasteiger partial charge in [-0.15, -0.1) is 0 Å². The Bertz CT molecular complexity index is 502. The third kappa shape index (κ3) is 4.71. The Morgan fingerprint density at radius 1 is 1.09 bits per heavy atom. The van der Waals surface area contributed by atoms with Crippen LogP contribution in [-0.4, -0.2) is 48.3 Å². The van der Waals surface area contributed by atoms with Gasteiger partial charge in [-0.3, -0.25) is 0 Å². The SMILES string of the molecule is O=C(O)c1cc(OCCOC2CCCCO2)cc(C(=O)O)c1. The Kier molecular flexibility index (Phi) is 5.74. The topological polar surface area (TPSA) is 102 Å². The van der Waals surface area contributed by atoms with Crippen molar-refractivity contribution in [1.82, 2.24) is 0 Å². The van der Waals surface area contributed by atoms with E-state index in [-0.39, 0.29) is 36.4 Å². The van der Waals surface area contributed by atoms with E-state index < -0.39 is 11.9 Å². The number of ether oxygens (including phenoxy) is 3. The summed E-state index contributed by atoms with van der Waals surface area (Å²) in [6.07, 6.45) is 2.72. The van der Waals surface area contributed by atoms with Gasteiger partial charge in [0.05, 0.1) is 17.7 Å². The van der Waals surface area contributed by atoms with Gasteiger partial charge in [0.1, 0.15) is 12.4 Å². The van der Waals surface area contributed by atoms with Gasteiger partial charge in [0.15, 0.2) is 6.29 Å². The summed E-state index contributed by atoms with van der Waals surface area (Å²) < 4.78 is 16.2. The Morgan fingerprint density at radius 2 is 1.77 bits per heavy atom. The largest absolute Gasteiger partial charge is 0.491 e. The van der Waals surface area contributed by atoms with Crippen LogP contribution in [0.3, 0.4) is 0 Å². The predicted octanol–water partition coefficient (Wildman–Crippen LogP) is 2.00. The number of carboxylic acids is 2. The Balaban J connectivity index is 1.88. The van der Waals surface area contributed by atoms with Crippen LogP contribution in [0, 0.1) is 0 Å². The molecule has 22 heavy (non-hydrogen) atoms. The molecule has 0 spiro atoms. The quantitative estimate of drug-likeness (QED) is 0.742. The summed E-state index contributed by atoms with van der Waals surface area (Å²) in [6.45, 7) is 1.15. The van der Waals surface area contributed by atoms with Gasteiger partial charge >= 0.3 is 11.9 Å². The maximum absolute atomic E-state index is 11.0. The van der Waals surface area contributed by atoms with Crippen LogP contribution in [0.2, 0.25) is 0 Å². The van der Waals surface area contributed by atoms with Crippen LogP contribution >= 0.6 is 0 Å². The average molecular weight is 310 g/mol. The lowest BCUT2D eigenvalue weighted by Crippen LogP contribution is -2.24. The van der Waals surface area contributed by atoms with E-state index in [2.05, 4.69) is 0 Å². The molecule has 1 unspecified atom stereocenters. The summed E-state index contributed by atoms with van der Waals surface area (Å²) in [6, 6.07) is 3.65. The molecule has 2 rings (SSSR count). The van der Waals surface area contributed by atoms with Crippen molar-refractivity contribution in [2.24, 2.45) is 0 Å². The van der Waals surface area contributed by atoms with Gasteiger partial charge in [-0.25, -0.2) is 9.59 Å². The molecule has 1 saturated heterocycles. The normalized spacial score (nSPS) is 17.9. The zero-order valence-corrected chi connectivity index (χ0v) is 12.0. The van der Waals surface area contributed by atoms with Crippen molar-refractivity contribution in [3.8, 4) is 5.75 Å². The van der Waals surface area contributed by atoms with E-state index in [0.29, 0.717) is 6.61 Å². The van der Waals surface area contributed by atoms with E-state index in [0.717, 1.165) is 25.3 Å². The molecule has 0 bridgehead atoms. The van der Waals surface area contributed by atoms with Crippen molar-refractivity contribution < 1.29 is 34.0 Å². The Hall–Kier alpha value is -2.12. The van der Waals surface area contributed by atoms with Gasteiger partial charge in [-0.2, -0.15) is 0 Å². The fraction of sp³-hybridized carbons (Fsp3) is 0.467. The van der Waals surface area contributed by atoms with Crippen molar-refractivity contribution in [2.45, 2.75) is 25.6 Å². The molecule has 0 aromatic heterocycles. The van der Waals surface area contributed by atoms with Gasteiger partial charge in [0, 0.05) is 6.61 Å². The van der Waals surface area contributed by atoms with Crippen LogP contribution in [0.1, 0.15) is 40.0 Å². The maximum atomic E-state index is 11.0. The van der Waals surface area contributed by atoms with Crippen molar-refractivity contribution in [1.29, 1.82) is 0 Å². The minimum Gasteiger partial charge on any atom is -0.491 e. The molecule has 1 heterocycles. The molecule has 7 heteroatoms. The molecule has 2 N–H and O–H groups in total. The second-order valence-electron chi connectivity index (χ2n) is 4.87. The Labute approximate surface area is 127 Å². The van der Waals surface area contributed by atoms with Crippen LogP contribution in [0.4, 0.5) is 0 Å². The summed E-state index contributed by atoms with van der Waals surface area (Å²) in [4.78, 5) is 21.9. The van der Waals surface area contributed by atoms with Crippen LogP contribution in [0.15, 0.2) is 18.2 Å². The molecule has 1 aliphatic heterocycles. The second-order valence-corrected chi connectivity index (χ2v) is 4.87. The summed E-state index contributed by atoms with van der Waals surface area (Å²) in [5.74, 6) is -2.23. The highest BCUT2D eigenvalue weighted by molar-refractivity contribution is 5.94. The highest BCUT2D eigenvalue weighted by atomic mass is 16.7. The maximum Gasteiger partial charge on any atom is 0.335 e. The van der Waals surface area contributed by atoms with E-state index in [1.165, 1.54) is 12.1 Å². The fourth-order valence-electron chi connectivity index (χ4n) is 2.11. The molecule has 0 saturated carbocycles. The number of carboxylic acid groups (broad SMARTS) is 2. The van der Waals surface area contributed by atoms with Gasteiger partial charge in [0.25, 0.3) is 0 Å². The first-order chi connectivity index (χ1) is 10.6. The first-order valence-electron chi connectivity index (χ1n) is 7.04. The second kappa shape index (κ2) is 7.77. The molecule has 1 aromatic carbocycles. The lowest BCUT2D eigenvalue weighted by Gasteiger charge is -2.22. The lowest BCUT2D eigenvalue weighted by atomic mass is 10.1. The van der Waals surface area contributed by atoms with E-state index in [1.54, 1.807) is 0 Å². The Morgan fingerprint density at radius 3 is 2.32 bits per heavy atom. The molecule has 0 aliphatic carbocycles. The molecule has 0 radical (unpaired) electrons. The van der Waals surface area contributed by atoms with Crippen molar-refractivity contribution in [3.05, 3.63) is 29.3 Å². The number of aromatic carboxylic acids is 2. The van der Waals surface area contributed by atoms with E-state index in [4.69, 9.17) is 24.4 Å². The molecule has 1 atom stereocenters. The van der Waals surface area contributed by atoms with E-state index in [9.17, 15) is 9.59 Å². The molecule has 1 aliphatic rings. The summed E-state index contributed by atoms with van der Waals surface area (Å²) in [5, 5.41) is 17.9. The van der Waals surface area contributed by atoms with Crippen molar-refractivity contribution >= 4 is 11.9 Å². The summed E-state index contributed by atoms with van der Waals surface area (Å²) >= 11 is 0. The molecular weight excluding hydrogens is 292 g/mol. The monoisotopic (exact) mass is 310 g/mol. The standard InChI is InChI=1S/C15H18O7/c16-14(17)10-7-11(15(18)19)9-12(8-10)20-5-6-22-13-3-1-2-4-21-13/h7-9,13H,1-6H2,(H,16,17)(H,18,19). The van der Waals surface area contributed by atoms with Crippen LogP contribution in [0.25, 0.3) is 0 Å². The summed E-state index contributed by atoms with van der Waals surface area (Å²) in [5.41, 5.74) is -0.266. The zero-order chi connectivity index (χ0) is 15.9. The average Bonchev–Trinajstić information content (AvgIpc) is 2.52. The highest BCUT2D eigenvalue weighted by Crippen LogP contribution is 2.18. The molecule has 7 nitrogen and oxygen atoms in total. The number of hydrogen-bond donors (Lipinski definition) is 2. The number of rotatable bonds is 7. The smallest absolute Gasteiger partial charge is 0.335 e. The molecule has 1 fully saturated rings. The van der Waals surface area contributed by atoms with Gasteiger partial charge in [-0.1, -0.05) is 0 Å². The fourth-order valence-corrected chi connectivity index (χ4v) is 2.11. The highest BCUT2D eigenvalue weighted by Gasteiger charge is 2.14. The lowest BCUT2D eigenvalue weighted by molar-refractivity contribution is -0.165. The summed E-state index contributed by atoms with van der Waals surface area (Å²) in [7, 11) is 0. The van der Waals surface area contributed by atoms with Crippen LogP contribution in [0.5, 0.6) is 5.75 Å². The number of benzene rings is 1. The minimum atomic E-state index is -1.21. The first kappa shape index (κ1) is 16.3. The van der Waals surface area contributed by atoms with Crippen molar-refractivity contribution in [3.63, 3.8) is 0 Å². The first-order valence-corrected chi connectivity index (χ1v) is 7.04. The predicted molar refractivity (Wildman–Crippen MR) is 75.4 cm³/mol. The van der Waals surface area contributed by atoms with Crippen LogP contribution < -0.4 is 4.74 Å². The third-order valence-corrected chi connectivity index (χ3v) is 3.19. The molecular formula is C15H18O7. The van der Waals surface area contributed by atoms with Gasteiger partial charge < -0.3 is 24.4 Å². The van der Waals surface area contributed by atoms with Crippen LogP contribution in [-0.2, 0) is 9.47 Å². The van der Waals surface area contributed by atoms with Crippen molar-refractivity contribution in [2.75, 3.05) is 19.8 Å². The van der Waals surface area contributed by atoms with E-state index in [1.807, 2.05) is 0 Å².